The van der Waals surface area contributed by atoms with Crippen molar-refractivity contribution in [1.82, 2.24) is 4.90 Å². The van der Waals surface area contributed by atoms with Crippen LogP contribution < -0.4 is 5.46 Å². The quantitative estimate of drug-likeness (QED) is 0.786. The predicted molar refractivity (Wildman–Crippen MR) is 75.1 cm³/mol. The van der Waals surface area contributed by atoms with Gasteiger partial charge in [-0.25, -0.2) is 4.39 Å². The van der Waals surface area contributed by atoms with E-state index in [2.05, 4.69) is 6.92 Å². The van der Waals surface area contributed by atoms with Gasteiger partial charge in [-0.1, -0.05) is 13.0 Å². The minimum atomic E-state index is -1.71. The number of likely N-dealkylation sites (tertiary alicyclic amines) is 1. The van der Waals surface area contributed by atoms with E-state index >= 15 is 0 Å². The lowest BCUT2D eigenvalue weighted by Gasteiger charge is -2.37. The predicted octanol–water partition coefficient (Wildman–Crippen LogP) is 0.766. The van der Waals surface area contributed by atoms with Gasteiger partial charge in [0.05, 0.1) is 5.56 Å². The molecule has 1 aromatic rings. The van der Waals surface area contributed by atoms with Crippen molar-refractivity contribution in [2.75, 3.05) is 6.54 Å². The van der Waals surface area contributed by atoms with Crippen molar-refractivity contribution < 1.29 is 19.2 Å². The van der Waals surface area contributed by atoms with Crippen molar-refractivity contribution in [2.24, 2.45) is 5.92 Å². The highest BCUT2D eigenvalue weighted by Gasteiger charge is 2.29. The van der Waals surface area contributed by atoms with E-state index in [1.807, 2.05) is 6.92 Å². The van der Waals surface area contributed by atoms with Crippen molar-refractivity contribution in [1.29, 1.82) is 0 Å². The van der Waals surface area contributed by atoms with Gasteiger partial charge in [0.2, 0.25) is 0 Å². The van der Waals surface area contributed by atoms with Gasteiger partial charge in [0.25, 0.3) is 5.91 Å². The Kier molecular flexibility index (Phi) is 4.45. The lowest BCUT2D eigenvalue weighted by molar-refractivity contribution is 0.0569. The van der Waals surface area contributed by atoms with Crippen molar-refractivity contribution >= 4 is 18.5 Å². The summed E-state index contributed by atoms with van der Waals surface area (Å²) in [6, 6.07) is 3.65. The molecule has 2 unspecified atom stereocenters. The molecule has 108 valence electrons. The highest BCUT2D eigenvalue weighted by Crippen LogP contribution is 2.23. The van der Waals surface area contributed by atoms with Gasteiger partial charge < -0.3 is 14.9 Å². The van der Waals surface area contributed by atoms with Crippen molar-refractivity contribution in [3.8, 4) is 0 Å². The number of hydrogen-bond donors (Lipinski definition) is 2. The molecule has 0 aliphatic carbocycles. The third-order valence-corrected chi connectivity index (χ3v) is 3.90. The van der Waals surface area contributed by atoms with Gasteiger partial charge in [-0.05, 0) is 43.3 Å². The molecule has 0 bridgehead atoms. The molecule has 1 saturated heterocycles. The van der Waals surface area contributed by atoms with E-state index in [0.717, 1.165) is 18.9 Å². The maximum Gasteiger partial charge on any atom is 0.488 e. The Labute approximate surface area is 118 Å². The summed E-state index contributed by atoms with van der Waals surface area (Å²) in [5, 5.41) is 18.3. The largest absolute Gasteiger partial charge is 0.488 e. The lowest BCUT2D eigenvalue weighted by atomic mass is 9.79. The summed E-state index contributed by atoms with van der Waals surface area (Å²) >= 11 is 0. The highest BCUT2D eigenvalue weighted by atomic mass is 19.1. The second kappa shape index (κ2) is 5.93. The third kappa shape index (κ3) is 3.02. The second-order valence-electron chi connectivity index (χ2n) is 5.60. The van der Waals surface area contributed by atoms with Crippen LogP contribution in [-0.2, 0) is 0 Å². The number of hydrogen-bond acceptors (Lipinski definition) is 3. The first-order valence-corrected chi connectivity index (χ1v) is 6.86. The fourth-order valence-electron chi connectivity index (χ4n) is 2.59. The van der Waals surface area contributed by atoms with Gasteiger partial charge in [-0.2, -0.15) is 0 Å². The lowest BCUT2D eigenvalue weighted by Crippen LogP contribution is -2.45. The minimum Gasteiger partial charge on any atom is -0.423 e. The zero-order valence-corrected chi connectivity index (χ0v) is 11.7. The van der Waals surface area contributed by atoms with Crippen LogP contribution >= 0.6 is 0 Å². The van der Waals surface area contributed by atoms with Crippen LogP contribution in [0, 0.1) is 11.7 Å². The normalized spacial score (nSPS) is 22.8. The maximum absolute atomic E-state index is 13.9. The van der Waals surface area contributed by atoms with Crippen LogP contribution in [0.5, 0.6) is 0 Å². The van der Waals surface area contributed by atoms with Gasteiger partial charge in [-0.3, -0.25) is 4.79 Å². The number of carbonyl (C=O) groups excluding carboxylic acids is 1. The van der Waals surface area contributed by atoms with E-state index in [1.165, 1.54) is 12.1 Å². The summed E-state index contributed by atoms with van der Waals surface area (Å²) in [5.41, 5.74) is 0.0176. The average Bonchev–Trinajstić information content (AvgIpc) is 2.41. The Bertz CT molecular complexity index is 509. The first-order valence-electron chi connectivity index (χ1n) is 6.86. The molecule has 0 aromatic heterocycles. The van der Waals surface area contributed by atoms with E-state index < -0.39 is 12.9 Å². The average molecular weight is 279 g/mol. The zero-order valence-electron chi connectivity index (χ0n) is 11.7. The first-order chi connectivity index (χ1) is 9.40. The molecule has 1 aliphatic rings. The van der Waals surface area contributed by atoms with Crippen LogP contribution in [-0.4, -0.2) is 40.6 Å². The van der Waals surface area contributed by atoms with Gasteiger partial charge in [0, 0.05) is 12.6 Å². The number of nitrogens with zero attached hydrogens (tertiary/aromatic N) is 1. The second-order valence-corrected chi connectivity index (χ2v) is 5.60. The maximum atomic E-state index is 13.9. The van der Waals surface area contributed by atoms with E-state index in [4.69, 9.17) is 10.0 Å². The number of piperidine rings is 1. The van der Waals surface area contributed by atoms with Crippen LogP contribution in [0.25, 0.3) is 0 Å². The molecular weight excluding hydrogens is 260 g/mol. The summed E-state index contributed by atoms with van der Waals surface area (Å²) in [6.07, 6.45) is 1.96. The standard InChI is InChI=1S/C14H19BFNO3/c1-9-3-4-10(2)17(8-9)14(18)12-7-11(15(19)20)5-6-13(12)16/h5-7,9-10,19-20H,3-4,8H2,1-2H3. The Morgan fingerprint density at radius 1 is 1.35 bits per heavy atom. The molecular formula is C14H19BFNO3. The molecule has 2 atom stereocenters. The number of rotatable bonds is 2. The Morgan fingerprint density at radius 2 is 2.05 bits per heavy atom. The Hall–Kier alpha value is -1.40. The monoisotopic (exact) mass is 279 g/mol. The topological polar surface area (TPSA) is 60.8 Å². The zero-order chi connectivity index (χ0) is 14.9. The van der Waals surface area contributed by atoms with Gasteiger partial charge >= 0.3 is 7.12 Å². The molecule has 0 saturated carbocycles. The van der Waals surface area contributed by atoms with E-state index in [1.54, 1.807) is 4.90 Å². The Balaban J connectivity index is 2.30. The molecule has 1 aliphatic heterocycles. The van der Waals surface area contributed by atoms with Crippen LogP contribution in [0.1, 0.15) is 37.0 Å². The van der Waals surface area contributed by atoms with Crippen molar-refractivity contribution in [3.05, 3.63) is 29.6 Å². The first kappa shape index (κ1) is 15.0. The molecule has 4 nitrogen and oxygen atoms in total. The van der Waals surface area contributed by atoms with E-state index in [-0.39, 0.29) is 23.0 Å². The van der Waals surface area contributed by atoms with Gasteiger partial charge in [-0.15, -0.1) is 0 Å². The summed E-state index contributed by atoms with van der Waals surface area (Å²) in [5.74, 6) is -0.626. The summed E-state index contributed by atoms with van der Waals surface area (Å²) in [4.78, 5) is 14.1. The van der Waals surface area contributed by atoms with Gasteiger partial charge in [0.1, 0.15) is 5.82 Å². The molecule has 2 N–H and O–H groups in total. The molecule has 1 fully saturated rings. The molecule has 0 radical (unpaired) electrons. The van der Waals surface area contributed by atoms with E-state index in [9.17, 15) is 9.18 Å². The van der Waals surface area contributed by atoms with Crippen molar-refractivity contribution in [2.45, 2.75) is 32.7 Å². The number of amides is 1. The van der Waals surface area contributed by atoms with Crippen LogP contribution in [0.4, 0.5) is 4.39 Å². The number of benzene rings is 1. The highest BCUT2D eigenvalue weighted by molar-refractivity contribution is 6.58. The SMILES string of the molecule is CC1CCC(C)N(C(=O)c2cc(B(O)O)ccc2F)C1. The van der Waals surface area contributed by atoms with E-state index in [0.29, 0.717) is 12.5 Å². The third-order valence-electron chi connectivity index (χ3n) is 3.90. The summed E-state index contributed by atoms with van der Waals surface area (Å²) in [7, 11) is -1.71. The molecule has 6 heteroatoms. The Morgan fingerprint density at radius 3 is 2.70 bits per heavy atom. The molecule has 1 heterocycles. The van der Waals surface area contributed by atoms with Crippen LogP contribution in [0.2, 0.25) is 0 Å². The number of halogens is 1. The molecule has 2 rings (SSSR count). The molecule has 1 amide bonds. The fourth-order valence-corrected chi connectivity index (χ4v) is 2.59. The molecule has 0 spiro atoms. The van der Waals surface area contributed by atoms with Crippen LogP contribution in [0.15, 0.2) is 18.2 Å². The molecule has 20 heavy (non-hydrogen) atoms. The summed E-state index contributed by atoms with van der Waals surface area (Å²) < 4.78 is 13.9. The van der Waals surface area contributed by atoms with Crippen LogP contribution in [0.3, 0.4) is 0 Å². The molecule has 1 aromatic carbocycles. The summed E-state index contributed by atoms with van der Waals surface area (Å²) in [6.45, 7) is 4.62. The van der Waals surface area contributed by atoms with Gasteiger partial charge in [0.15, 0.2) is 0 Å². The fraction of sp³-hybridized carbons (Fsp3) is 0.500. The minimum absolute atomic E-state index is 0.0702. The number of carbonyl (C=O) groups is 1. The smallest absolute Gasteiger partial charge is 0.423 e. The van der Waals surface area contributed by atoms with Crippen molar-refractivity contribution in [3.63, 3.8) is 0 Å².